The van der Waals surface area contributed by atoms with E-state index >= 15 is 0 Å². The number of nitrogens with one attached hydrogen (secondary N) is 2. The summed E-state index contributed by atoms with van der Waals surface area (Å²) in [7, 11) is 0. The molecule has 0 radical (unpaired) electrons. The number of carbonyl (C=O) groups is 1. The molecule has 11 nitrogen and oxygen atoms in total. The molecule has 0 atom stereocenters. The Labute approximate surface area is 198 Å². The molecule has 0 fully saturated rings. The average Bonchev–Trinajstić information content (AvgIpc) is 2.79. The summed E-state index contributed by atoms with van der Waals surface area (Å²) in [5, 5.41) is 24.7. The van der Waals surface area contributed by atoms with Gasteiger partial charge in [-0.25, -0.2) is 14.5 Å². The predicted molar refractivity (Wildman–Crippen MR) is 112 cm³/mol. The van der Waals surface area contributed by atoms with Gasteiger partial charge < -0.3 is 20.1 Å². The molecule has 0 unspecified atom stereocenters. The number of anilines is 2. The highest BCUT2D eigenvalue weighted by Gasteiger charge is 2.54. The number of nitro groups is 1. The molecule has 0 saturated heterocycles. The topological polar surface area (TPSA) is 149 Å². The van der Waals surface area contributed by atoms with Gasteiger partial charge in [0.25, 0.3) is 5.69 Å². The number of hydrogen-bond donors (Lipinski definition) is 2. The molecule has 0 spiro atoms. The van der Waals surface area contributed by atoms with Crippen molar-refractivity contribution in [3.05, 3.63) is 76.1 Å². The molecule has 2 N–H and O–H groups in total. The number of pyridine rings is 1. The van der Waals surface area contributed by atoms with Gasteiger partial charge in [0.1, 0.15) is 34.7 Å². The van der Waals surface area contributed by atoms with Crippen LogP contribution in [0.25, 0.3) is 0 Å². The van der Waals surface area contributed by atoms with Crippen molar-refractivity contribution in [1.29, 1.82) is 5.26 Å². The van der Waals surface area contributed by atoms with Gasteiger partial charge in [-0.1, -0.05) is 0 Å². The van der Waals surface area contributed by atoms with Gasteiger partial charge in [-0.15, -0.1) is 8.78 Å². The number of nitrogens with zero attached hydrogens (tertiary/aromatic N) is 3. The number of carbonyl (C=O) groups excluding carboxylic acids is 1. The molecule has 2 amide bonds. The first-order chi connectivity index (χ1) is 17.0. The summed E-state index contributed by atoms with van der Waals surface area (Å²) in [5.41, 5.74) is -2.11. The van der Waals surface area contributed by atoms with E-state index in [9.17, 15) is 32.5 Å². The van der Waals surface area contributed by atoms with Crippen molar-refractivity contribution in [2.24, 2.45) is 0 Å². The van der Waals surface area contributed by atoms with Gasteiger partial charge in [-0.3, -0.25) is 10.1 Å². The average molecular weight is 505 g/mol. The van der Waals surface area contributed by atoms with Crippen LogP contribution in [-0.2, 0) is 10.8 Å². The molecule has 3 aromatic rings. The molecular weight excluding hydrogens is 494 g/mol. The second kappa shape index (κ2) is 9.00. The monoisotopic (exact) mass is 505 g/mol. The third kappa shape index (κ3) is 5.23. The van der Waals surface area contributed by atoms with E-state index in [1.165, 1.54) is 24.4 Å². The predicted octanol–water partition coefficient (Wildman–Crippen LogP) is 5.31. The van der Waals surface area contributed by atoms with Crippen LogP contribution in [0.2, 0.25) is 0 Å². The van der Waals surface area contributed by atoms with Gasteiger partial charge in [-0.05, 0) is 36.4 Å². The van der Waals surface area contributed by atoms with Crippen molar-refractivity contribution < 1.29 is 41.5 Å². The Morgan fingerprint density at radius 3 is 2.56 bits per heavy atom. The third-order valence-corrected chi connectivity index (χ3v) is 4.52. The molecule has 0 aliphatic carbocycles. The molecule has 0 saturated carbocycles. The van der Waals surface area contributed by atoms with Crippen molar-refractivity contribution in [3.8, 4) is 23.3 Å². The molecule has 4 rings (SSSR count). The Morgan fingerprint density at radius 1 is 1.08 bits per heavy atom. The summed E-state index contributed by atoms with van der Waals surface area (Å²) in [6, 6.07) is 9.38. The number of benzene rings is 2. The van der Waals surface area contributed by atoms with E-state index in [-0.39, 0.29) is 28.6 Å². The van der Waals surface area contributed by atoms with Crippen molar-refractivity contribution in [2.75, 3.05) is 10.6 Å². The van der Waals surface area contributed by atoms with Crippen molar-refractivity contribution in [2.45, 2.75) is 12.4 Å². The quantitative estimate of drug-likeness (QED) is 0.269. The standard InChI is InChI=1S/C21H11F4N5O6/c22-20(23)15-8-11(1-4-18(15)35-21(24,25)36-20)28-19(31)29-16-3-2-13(9-17(16)30(32)33)34-14-5-6-27-12(7-14)10-26/h1-9H,(H2,28,29,31). The first-order valence-corrected chi connectivity index (χ1v) is 9.65. The van der Waals surface area contributed by atoms with E-state index in [0.717, 1.165) is 24.3 Å². The van der Waals surface area contributed by atoms with E-state index in [1.807, 2.05) is 6.07 Å². The van der Waals surface area contributed by atoms with E-state index in [1.54, 1.807) is 0 Å². The summed E-state index contributed by atoms with van der Waals surface area (Å²) < 4.78 is 67.0. The number of rotatable bonds is 5. The van der Waals surface area contributed by atoms with E-state index in [2.05, 4.69) is 25.1 Å². The van der Waals surface area contributed by atoms with Crippen LogP contribution in [0.3, 0.4) is 0 Å². The maximum atomic E-state index is 13.9. The van der Waals surface area contributed by atoms with Crippen LogP contribution in [-0.4, -0.2) is 22.2 Å². The Morgan fingerprint density at radius 2 is 1.83 bits per heavy atom. The number of fused-ring (bicyclic) bond motifs is 1. The van der Waals surface area contributed by atoms with Gasteiger partial charge in [0.15, 0.2) is 0 Å². The lowest BCUT2D eigenvalue weighted by Crippen LogP contribution is -2.41. The number of halogens is 4. The molecule has 1 aliphatic heterocycles. The summed E-state index contributed by atoms with van der Waals surface area (Å²) in [6.07, 6.45) is -7.65. The highest BCUT2D eigenvalue weighted by molar-refractivity contribution is 6.01. The van der Waals surface area contributed by atoms with Gasteiger partial charge in [0.05, 0.1) is 16.6 Å². The lowest BCUT2D eigenvalue weighted by molar-refractivity contribution is -0.461. The Hall–Kier alpha value is -4.97. The minimum absolute atomic E-state index is 0.0106. The second-order valence-corrected chi connectivity index (χ2v) is 7.00. The van der Waals surface area contributed by atoms with Gasteiger partial charge >= 0.3 is 18.4 Å². The number of aromatic nitrogens is 1. The molecule has 184 valence electrons. The van der Waals surface area contributed by atoms with Crippen LogP contribution in [0.1, 0.15) is 11.3 Å². The molecular formula is C21H11F4N5O6. The third-order valence-electron chi connectivity index (χ3n) is 4.52. The summed E-state index contributed by atoms with van der Waals surface area (Å²) >= 11 is 0. The summed E-state index contributed by atoms with van der Waals surface area (Å²) in [5.74, 6) is -0.662. The number of urea groups is 1. The number of ether oxygens (including phenoxy) is 3. The number of amides is 2. The first-order valence-electron chi connectivity index (χ1n) is 9.65. The Kier molecular flexibility index (Phi) is 6.04. The number of nitro benzene ring substituents is 1. The zero-order valence-electron chi connectivity index (χ0n) is 17.5. The highest BCUT2D eigenvalue weighted by atomic mass is 19.3. The van der Waals surface area contributed by atoms with Gasteiger partial charge in [0.2, 0.25) is 0 Å². The van der Waals surface area contributed by atoms with Gasteiger partial charge in [0, 0.05) is 18.0 Å². The normalized spacial score (nSPS) is 15.0. The van der Waals surface area contributed by atoms with E-state index < -0.39 is 40.4 Å². The molecule has 0 bridgehead atoms. The van der Waals surface area contributed by atoms with Crippen molar-refractivity contribution in [3.63, 3.8) is 0 Å². The zero-order valence-corrected chi connectivity index (χ0v) is 17.5. The fraction of sp³-hybridized carbons (Fsp3) is 0.0952. The molecule has 15 heteroatoms. The van der Waals surface area contributed by atoms with Crippen molar-refractivity contribution >= 4 is 23.1 Å². The fourth-order valence-electron chi connectivity index (χ4n) is 3.07. The lowest BCUT2D eigenvalue weighted by atomic mass is 10.1. The SMILES string of the molecule is N#Cc1cc(Oc2ccc(NC(=O)Nc3ccc4c(c3)C(F)(F)OC(F)(F)O4)c([N+](=O)[O-])c2)ccn1. The van der Waals surface area contributed by atoms with Crippen LogP contribution in [0.5, 0.6) is 17.2 Å². The minimum Gasteiger partial charge on any atom is -0.457 e. The van der Waals surface area contributed by atoms with Crippen LogP contribution < -0.4 is 20.1 Å². The minimum atomic E-state index is -4.55. The van der Waals surface area contributed by atoms with E-state index in [4.69, 9.17) is 10.00 Å². The van der Waals surface area contributed by atoms with Gasteiger partial charge in [-0.2, -0.15) is 14.0 Å². The maximum absolute atomic E-state index is 13.9. The molecule has 36 heavy (non-hydrogen) atoms. The second-order valence-electron chi connectivity index (χ2n) is 7.00. The largest absolute Gasteiger partial charge is 0.540 e. The van der Waals surface area contributed by atoms with E-state index in [0.29, 0.717) is 6.07 Å². The van der Waals surface area contributed by atoms with Crippen molar-refractivity contribution in [1.82, 2.24) is 4.98 Å². The molecule has 1 aromatic heterocycles. The fourth-order valence-corrected chi connectivity index (χ4v) is 3.07. The molecule has 2 aromatic carbocycles. The summed E-state index contributed by atoms with van der Waals surface area (Å²) in [4.78, 5) is 26.8. The van der Waals surface area contributed by atoms with Crippen LogP contribution in [0, 0.1) is 21.4 Å². The lowest BCUT2D eigenvalue weighted by Gasteiger charge is -2.30. The number of hydrogen-bond acceptors (Lipinski definition) is 8. The Balaban J connectivity index is 1.51. The molecule has 1 aliphatic rings. The van der Waals surface area contributed by atoms with Crippen LogP contribution in [0.15, 0.2) is 54.7 Å². The molecule has 2 heterocycles. The number of alkyl halides is 4. The first kappa shape index (κ1) is 24.2. The zero-order chi connectivity index (χ0) is 26.1. The van der Waals surface area contributed by atoms with Crippen LogP contribution >= 0.6 is 0 Å². The maximum Gasteiger partial charge on any atom is 0.540 e. The highest BCUT2D eigenvalue weighted by Crippen LogP contribution is 2.47. The number of nitriles is 1. The smallest absolute Gasteiger partial charge is 0.457 e. The van der Waals surface area contributed by atoms with Crippen LogP contribution in [0.4, 0.5) is 39.4 Å². The Bertz CT molecular complexity index is 1410. The summed E-state index contributed by atoms with van der Waals surface area (Å²) in [6.45, 7) is 0.